The quantitative estimate of drug-likeness (QED) is 0.918. The molecule has 1 saturated heterocycles. The van der Waals surface area contributed by atoms with Crippen LogP contribution in [0.5, 0.6) is 0 Å². The van der Waals surface area contributed by atoms with Gasteiger partial charge in [-0.3, -0.25) is 9.59 Å². The van der Waals surface area contributed by atoms with Crippen molar-refractivity contribution in [3.8, 4) is 0 Å². The monoisotopic (exact) mass is 331 g/mol. The molecule has 1 aromatic heterocycles. The minimum absolute atomic E-state index is 0.0703. The average Bonchev–Trinajstić information content (AvgIpc) is 3.09. The van der Waals surface area contributed by atoms with Crippen LogP contribution in [0, 0.1) is 17.3 Å². The molecule has 1 spiro atoms. The number of carbonyl (C=O) groups is 2. The molecule has 0 aromatic carbocycles. The number of hydrogen-bond donors (Lipinski definition) is 1. The van der Waals surface area contributed by atoms with E-state index in [1.54, 1.807) is 6.07 Å². The van der Waals surface area contributed by atoms with Crippen molar-refractivity contribution in [2.75, 3.05) is 19.6 Å². The SMILES string of the molecule is O=C(NCC1CC1)[C@@H]1CCC2(CCN(C(=O)c3ccno3)CC2)C1. The molecule has 6 heteroatoms. The number of aromatic nitrogens is 1. The second-order valence-corrected chi connectivity index (χ2v) is 7.80. The molecule has 0 radical (unpaired) electrons. The maximum Gasteiger partial charge on any atom is 0.292 e. The molecule has 3 aliphatic rings. The molecule has 2 amide bonds. The third kappa shape index (κ3) is 3.19. The van der Waals surface area contributed by atoms with E-state index in [0.717, 1.165) is 57.7 Å². The zero-order chi connectivity index (χ0) is 16.6. The van der Waals surface area contributed by atoms with E-state index >= 15 is 0 Å². The van der Waals surface area contributed by atoms with Gasteiger partial charge in [0, 0.05) is 31.6 Å². The molecule has 0 bridgehead atoms. The van der Waals surface area contributed by atoms with Crippen LogP contribution < -0.4 is 5.32 Å². The smallest absolute Gasteiger partial charge is 0.292 e. The summed E-state index contributed by atoms with van der Waals surface area (Å²) in [6.07, 6.45) is 9.09. The van der Waals surface area contributed by atoms with Crippen LogP contribution in [0.4, 0.5) is 0 Å². The van der Waals surface area contributed by atoms with Gasteiger partial charge in [0.15, 0.2) is 0 Å². The molecule has 2 aliphatic carbocycles. The summed E-state index contributed by atoms with van der Waals surface area (Å²) in [5.74, 6) is 1.39. The first kappa shape index (κ1) is 15.7. The first-order chi connectivity index (χ1) is 11.7. The van der Waals surface area contributed by atoms with E-state index in [1.807, 2.05) is 4.90 Å². The van der Waals surface area contributed by atoms with E-state index in [2.05, 4.69) is 10.5 Å². The molecule has 1 N–H and O–H groups in total. The Labute approximate surface area is 141 Å². The lowest BCUT2D eigenvalue weighted by Crippen LogP contribution is -2.42. The van der Waals surface area contributed by atoms with Gasteiger partial charge in [0.05, 0.1) is 6.20 Å². The summed E-state index contributed by atoms with van der Waals surface area (Å²) in [4.78, 5) is 26.5. The van der Waals surface area contributed by atoms with E-state index in [9.17, 15) is 9.59 Å². The fraction of sp³-hybridized carbons (Fsp3) is 0.722. The normalized spacial score (nSPS) is 25.8. The molecule has 3 fully saturated rings. The fourth-order valence-electron chi connectivity index (χ4n) is 4.26. The Hall–Kier alpha value is -1.85. The number of rotatable bonds is 4. The number of hydrogen-bond acceptors (Lipinski definition) is 4. The summed E-state index contributed by atoms with van der Waals surface area (Å²) in [5, 5.41) is 6.74. The third-order valence-corrected chi connectivity index (χ3v) is 6.10. The molecule has 1 aromatic rings. The van der Waals surface area contributed by atoms with Gasteiger partial charge in [-0.1, -0.05) is 5.16 Å². The lowest BCUT2D eigenvalue weighted by molar-refractivity contribution is -0.125. The van der Waals surface area contributed by atoms with E-state index in [4.69, 9.17) is 4.52 Å². The summed E-state index contributed by atoms with van der Waals surface area (Å²) >= 11 is 0. The Bertz CT molecular complexity index is 601. The van der Waals surface area contributed by atoms with E-state index in [1.165, 1.54) is 19.0 Å². The molecular weight excluding hydrogens is 306 g/mol. The molecule has 24 heavy (non-hydrogen) atoms. The Kier molecular flexibility index (Phi) is 4.06. The first-order valence-corrected chi connectivity index (χ1v) is 9.13. The zero-order valence-corrected chi connectivity index (χ0v) is 14.0. The van der Waals surface area contributed by atoms with Crippen LogP contribution >= 0.6 is 0 Å². The number of nitrogens with zero attached hydrogens (tertiary/aromatic N) is 2. The number of amides is 2. The molecule has 1 atom stereocenters. The van der Waals surface area contributed by atoms with Crippen LogP contribution in [0.15, 0.2) is 16.8 Å². The van der Waals surface area contributed by atoms with Gasteiger partial charge in [-0.05, 0) is 56.3 Å². The van der Waals surface area contributed by atoms with Gasteiger partial charge in [0.25, 0.3) is 5.91 Å². The van der Waals surface area contributed by atoms with Crippen molar-refractivity contribution < 1.29 is 14.1 Å². The summed E-state index contributed by atoms with van der Waals surface area (Å²) in [5.41, 5.74) is 0.250. The van der Waals surface area contributed by atoms with Crippen molar-refractivity contribution in [1.29, 1.82) is 0 Å². The minimum atomic E-state index is -0.0703. The molecule has 6 nitrogen and oxygen atoms in total. The van der Waals surface area contributed by atoms with Crippen molar-refractivity contribution in [2.45, 2.75) is 44.9 Å². The molecule has 2 saturated carbocycles. The average molecular weight is 331 g/mol. The lowest BCUT2D eigenvalue weighted by atomic mass is 9.76. The van der Waals surface area contributed by atoms with Gasteiger partial charge < -0.3 is 14.7 Å². The van der Waals surface area contributed by atoms with Crippen molar-refractivity contribution in [2.24, 2.45) is 17.3 Å². The second kappa shape index (κ2) is 6.22. The summed E-state index contributed by atoms with van der Waals surface area (Å²) in [6.45, 7) is 2.35. The van der Waals surface area contributed by atoms with Crippen LogP contribution in [0.2, 0.25) is 0 Å². The van der Waals surface area contributed by atoms with Crippen LogP contribution in [0.1, 0.15) is 55.5 Å². The summed E-state index contributed by atoms with van der Waals surface area (Å²) < 4.78 is 4.97. The maximum atomic E-state index is 12.3. The first-order valence-electron chi connectivity index (χ1n) is 9.13. The van der Waals surface area contributed by atoms with Crippen LogP contribution in [0.3, 0.4) is 0 Å². The highest BCUT2D eigenvalue weighted by Gasteiger charge is 2.44. The lowest BCUT2D eigenvalue weighted by Gasteiger charge is -2.39. The van der Waals surface area contributed by atoms with E-state index in [0.29, 0.717) is 5.76 Å². The van der Waals surface area contributed by atoms with Crippen molar-refractivity contribution >= 4 is 11.8 Å². The van der Waals surface area contributed by atoms with E-state index in [-0.39, 0.29) is 23.1 Å². The number of likely N-dealkylation sites (tertiary alicyclic amines) is 1. The van der Waals surface area contributed by atoms with Gasteiger partial charge in [-0.2, -0.15) is 0 Å². The summed E-state index contributed by atoms with van der Waals surface area (Å²) in [6, 6.07) is 1.61. The Morgan fingerprint density at radius 2 is 2.04 bits per heavy atom. The minimum Gasteiger partial charge on any atom is -0.356 e. The van der Waals surface area contributed by atoms with Gasteiger partial charge in [-0.15, -0.1) is 0 Å². The fourth-order valence-corrected chi connectivity index (χ4v) is 4.26. The molecular formula is C18H25N3O3. The number of piperidine rings is 1. The van der Waals surface area contributed by atoms with Crippen molar-refractivity contribution in [3.05, 3.63) is 18.0 Å². The van der Waals surface area contributed by atoms with Crippen LogP contribution in [-0.4, -0.2) is 41.5 Å². The highest BCUT2D eigenvalue weighted by Crippen LogP contribution is 2.49. The van der Waals surface area contributed by atoms with Crippen molar-refractivity contribution in [3.63, 3.8) is 0 Å². The molecule has 4 rings (SSSR count). The van der Waals surface area contributed by atoms with Gasteiger partial charge >= 0.3 is 0 Å². The predicted molar refractivity (Wildman–Crippen MR) is 87.1 cm³/mol. The molecule has 2 heterocycles. The summed E-state index contributed by atoms with van der Waals surface area (Å²) in [7, 11) is 0. The molecule has 0 unspecified atom stereocenters. The highest BCUT2D eigenvalue weighted by molar-refractivity contribution is 5.91. The van der Waals surface area contributed by atoms with E-state index < -0.39 is 0 Å². The Morgan fingerprint density at radius 3 is 2.71 bits per heavy atom. The standard InChI is InChI=1S/C18H25N3O3/c22-16(19-12-13-1-2-13)14-3-5-18(11-14)6-9-21(10-7-18)17(23)15-4-8-20-24-15/h4,8,13-14H,1-3,5-7,9-12H2,(H,19,22)/t14-/m1/s1. The van der Waals surface area contributed by atoms with Crippen LogP contribution in [0.25, 0.3) is 0 Å². The third-order valence-electron chi connectivity index (χ3n) is 6.10. The van der Waals surface area contributed by atoms with Crippen LogP contribution in [-0.2, 0) is 4.79 Å². The van der Waals surface area contributed by atoms with Crippen molar-refractivity contribution in [1.82, 2.24) is 15.4 Å². The zero-order valence-electron chi connectivity index (χ0n) is 14.0. The highest BCUT2D eigenvalue weighted by atomic mass is 16.5. The topological polar surface area (TPSA) is 75.4 Å². The Balaban J connectivity index is 1.29. The van der Waals surface area contributed by atoms with Gasteiger partial charge in [0.2, 0.25) is 11.7 Å². The largest absolute Gasteiger partial charge is 0.356 e. The number of nitrogens with one attached hydrogen (secondary N) is 1. The second-order valence-electron chi connectivity index (χ2n) is 7.80. The number of carbonyl (C=O) groups excluding carboxylic acids is 2. The maximum absolute atomic E-state index is 12.3. The molecule has 130 valence electrons. The predicted octanol–water partition coefficient (Wildman–Crippen LogP) is 2.22. The molecule has 1 aliphatic heterocycles. The van der Waals surface area contributed by atoms with Gasteiger partial charge in [0.1, 0.15) is 0 Å². The van der Waals surface area contributed by atoms with Gasteiger partial charge in [-0.25, -0.2) is 0 Å². The Morgan fingerprint density at radius 1 is 1.25 bits per heavy atom.